The monoisotopic (exact) mass is 543 g/mol. The minimum Gasteiger partial charge on any atom is -0.508 e. The molecule has 0 saturated heterocycles. The number of aliphatic hydroxyl groups excluding tert-OH is 1. The Morgan fingerprint density at radius 3 is 2.38 bits per heavy atom. The summed E-state index contributed by atoms with van der Waals surface area (Å²) in [7, 11) is 0. The molecule has 0 atom stereocenters. The zero-order chi connectivity index (χ0) is 28.3. The molecule has 0 radical (unpaired) electrons. The van der Waals surface area contributed by atoms with Gasteiger partial charge in [-0.25, -0.2) is 9.97 Å². The van der Waals surface area contributed by atoms with Crippen LogP contribution < -0.4 is 0 Å². The first-order chi connectivity index (χ1) is 18.6. The maximum Gasteiger partial charge on any atom is 0.323 e. The summed E-state index contributed by atoms with van der Waals surface area (Å²) in [6, 6.07) is 12.4. The van der Waals surface area contributed by atoms with Gasteiger partial charge in [-0.3, -0.25) is 4.79 Å². The summed E-state index contributed by atoms with van der Waals surface area (Å²) in [5, 5.41) is 21.8. The normalized spacial score (nSPS) is 12.0. The van der Waals surface area contributed by atoms with Gasteiger partial charge in [0, 0.05) is 11.1 Å². The van der Waals surface area contributed by atoms with Crippen molar-refractivity contribution in [2.75, 3.05) is 0 Å². The molecule has 0 aliphatic heterocycles. The predicted molar refractivity (Wildman–Crippen MR) is 161 cm³/mol. The van der Waals surface area contributed by atoms with Crippen molar-refractivity contribution in [2.24, 2.45) is 0 Å². The molecule has 0 aliphatic rings. The summed E-state index contributed by atoms with van der Waals surface area (Å²) in [4.78, 5) is 22.6. The van der Waals surface area contributed by atoms with E-state index in [9.17, 15) is 15.0 Å². The van der Waals surface area contributed by atoms with Crippen molar-refractivity contribution < 1.29 is 15.0 Å². The number of carbonyl (C=O) groups is 1. The molecule has 2 N–H and O–H groups in total. The number of nitrogens with zero attached hydrogens (tertiary/aromatic N) is 3. The molecule has 0 bridgehead atoms. The SMILES string of the molecule is C=C(O)/C(C)=C/c1cc(C(CCC)CCC)c(-c2ccc3nc(-c4sc(C)nc4C)ccc3c2)n1CC(=O)O. The Bertz CT molecular complexity index is 1550. The van der Waals surface area contributed by atoms with E-state index in [4.69, 9.17) is 4.98 Å². The smallest absolute Gasteiger partial charge is 0.323 e. The molecular weight excluding hydrogens is 506 g/mol. The second-order valence-electron chi connectivity index (χ2n) is 10.2. The summed E-state index contributed by atoms with van der Waals surface area (Å²) >= 11 is 1.65. The van der Waals surface area contributed by atoms with E-state index in [1.165, 1.54) is 0 Å². The molecule has 4 rings (SSSR count). The van der Waals surface area contributed by atoms with Gasteiger partial charge in [0.15, 0.2) is 0 Å². The number of fused-ring (bicyclic) bond motifs is 1. The third kappa shape index (κ3) is 6.14. The summed E-state index contributed by atoms with van der Waals surface area (Å²) < 4.78 is 1.86. The Morgan fingerprint density at radius 1 is 1.08 bits per heavy atom. The maximum absolute atomic E-state index is 12.0. The number of aliphatic hydroxyl groups is 1. The van der Waals surface area contributed by atoms with E-state index in [-0.39, 0.29) is 12.3 Å². The highest BCUT2D eigenvalue weighted by atomic mass is 32.1. The predicted octanol–water partition coefficient (Wildman–Crippen LogP) is 8.69. The summed E-state index contributed by atoms with van der Waals surface area (Å²) in [5.41, 5.74) is 7.12. The second kappa shape index (κ2) is 12.0. The van der Waals surface area contributed by atoms with Gasteiger partial charge in [0.1, 0.15) is 12.3 Å². The van der Waals surface area contributed by atoms with Gasteiger partial charge in [-0.1, -0.05) is 45.4 Å². The van der Waals surface area contributed by atoms with Crippen LogP contribution in [0, 0.1) is 13.8 Å². The largest absolute Gasteiger partial charge is 0.508 e. The number of allylic oxidation sites excluding steroid dienone is 1. The standard InChI is InChI=1S/C32H37N3O3S/c1-7-9-23(10-8-2)27-17-26(15-19(3)21(5)36)35(18-30(37)38)31(27)25-12-13-28-24(16-25)11-14-29(34-28)32-20(4)33-22(6)39-32/h11-17,23,36H,5,7-10,18H2,1-4,6H3,(H,37,38)/b19-15+. The number of pyridine rings is 1. The van der Waals surface area contributed by atoms with Crippen molar-refractivity contribution in [3.05, 3.63) is 76.3 Å². The van der Waals surface area contributed by atoms with Gasteiger partial charge in [-0.2, -0.15) is 0 Å². The van der Waals surface area contributed by atoms with Crippen molar-refractivity contribution >= 4 is 34.3 Å². The number of benzene rings is 1. The Kier molecular flexibility index (Phi) is 8.70. The molecule has 6 nitrogen and oxygen atoms in total. The third-order valence-corrected chi connectivity index (χ3v) is 8.18. The van der Waals surface area contributed by atoms with Crippen LogP contribution in [0.4, 0.5) is 0 Å². The van der Waals surface area contributed by atoms with Crippen LogP contribution in [0.15, 0.2) is 54.3 Å². The zero-order valence-electron chi connectivity index (χ0n) is 23.4. The van der Waals surface area contributed by atoms with Gasteiger partial charge in [0.05, 0.1) is 32.5 Å². The molecule has 0 saturated carbocycles. The lowest BCUT2D eigenvalue weighted by Gasteiger charge is -2.19. The van der Waals surface area contributed by atoms with E-state index in [2.05, 4.69) is 43.6 Å². The van der Waals surface area contributed by atoms with Crippen molar-refractivity contribution in [3.8, 4) is 21.8 Å². The fraction of sp³-hybridized carbons (Fsp3) is 0.344. The van der Waals surface area contributed by atoms with Crippen molar-refractivity contribution in [1.82, 2.24) is 14.5 Å². The van der Waals surface area contributed by atoms with E-state index >= 15 is 0 Å². The molecule has 4 aromatic rings. The fourth-order valence-electron chi connectivity index (χ4n) is 5.28. The van der Waals surface area contributed by atoms with E-state index in [0.717, 1.165) is 80.4 Å². The van der Waals surface area contributed by atoms with E-state index in [0.29, 0.717) is 11.5 Å². The average Bonchev–Trinajstić information content (AvgIpc) is 3.41. The first-order valence-corrected chi connectivity index (χ1v) is 14.3. The van der Waals surface area contributed by atoms with Gasteiger partial charge < -0.3 is 14.8 Å². The molecule has 3 aromatic heterocycles. The number of rotatable bonds is 11. The van der Waals surface area contributed by atoms with E-state index in [1.807, 2.05) is 42.7 Å². The molecule has 0 aliphatic carbocycles. The average molecular weight is 544 g/mol. The lowest BCUT2D eigenvalue weighted by atomic mass is 9.88. The number of hydrogen-bond acceptors (Lipinski definition) is 5. The summed E-state index contributed by atoms with van der Waals surface area (Å²) in [5.74, 6) is -0.652. The van der Waals surface area contributed by atoms with Gasteiger partial charge in [0.2, 0.25) is 0 Å². The number of carboxylic acids is 1. The van der Waals surface area contributed by atoms with Crippen LogP contribution in [0.2, 0.25) is 0 Å². The Hall–Kier alpha value is -3.71. The second-order valence-corrected chi connectivity index (χ2v) is 11.4. The van der Waals surface area contributed by atoms with Crippen molar-refractivity contribution in [1.29, 1.82) is 0 Å². The molecule has 39 heavy (non-hydrogen) atoms. The molecular formula is C32H37N3O3S. The lowest BCUT2D eigenvalue weighted by molar-refractivity contribution is -0.137. The molecule has 3 heterocycles. The van der Waals surface area contributed by atoms with Crippen LogP contribution in [-0.4, -0.2) is 30.7 Å². The number of hydrogen-bond donors (Lipinski definition) is 2. The van der Waals surface area contributed by atoms with Gasteiger partial charge in [0.25, 0.3) is 0 Å². The van der Waals surface area contributed by atoms with Crippen LogP contribution in [0.25, 0.3) is 38.8 Å². The molecule has 0 spiro atoms. The molecule has 204 valence electrons. The van der Waals surface area contributed by atoms with Gasteiger partial charge >= 0.3 is 5.97 Å². The number of aliphatic carboxylic acids is 1. The van der Waals surface area contributed by atoms with Crippen LogP contribution in [0.3, 0.4) is 0 Å². The van der Waals surface area contributed by atoms with Crippen LogP contribution in [0.1, 0.15) is 74.3 Å². The lowest BCUT2D eigenvalue weighted by Crippen LogP contribution is -2.12. The van der Waals surface area contributed by atoms with Crippen molar-refractivity contribution in [3.63, 3.8) is 0 Å². The maximum atomic E-state index is 12.0. The molecule has 0 unspecified atom stereocenters. The molecule has 0 fully saturated rings. The summed E-state index contributed by atoms with van der Waals surface area (Å²) in [6.07, 6.45) is 5.92. The third-order valence-electron chi connectivity index (χ3n) is 7.08. The molecule has 0 amide bonds. The fourth-order valence-corrected chi connectivity index (χ4v) is 6.16. The number of aromatic nitrogens is 3. The zero-order valence-corrected chi connectivity index (χ0v) is 24.2. The minimum atomic E-state index is -0.918. The van der Waals surface area contributed by atoms with Crippen LogP contribution >= 0.6 is 11.3 Å². The van der Waals surface area contributed by atoms with Crippen molar-refractivity contribution in [2.45, 2.75) is 72.8 Å². The first kappa shape index (κ1) is 28.3. The number of carboxylic acid groups (broad SMARTS) is 1. The Morgan fingerprint density at radius 2 is 1.79 bits per heavy atom. The Balaban J connectivity index is 1.93. The minimum absolute atomic E-state index is 0.0289. The molecule has 7 heteroatoms. The highest BCUT2D eigenvalue weighted by Gasteiger charge is 2.24. The van der Waals surface area contributed by atoms with Gasteiger partial charge in [-0.15, -0.1) is 11.3 Å². The highest BCUT2D eigenvalue weighted by molar-refractivity contribution is 7.15. The van der Waals surface area contributed by atoms with Crippen LogP contribution in [-0.2, 0) is 11.3 Å². The first-order valence-electron chi connectivity index (χ1n) is 13.5. The van der Waals surface area contributed by atoms with Crippen LogP contribution in [0.5, 0.6) is 0 Å². The topological polar surface area (TPSA) is 88.2 Å². The quantitative estimate of drug-likeness (QED) is 0.146. The number of aryl methyl sites for hydroxylation is 2. The highest BCUT2D eigenvalue weighted by Crippen LogP contribution is 2.39. The number of thiazole rings is 1. The van der Waals surface area contributed by atoms with E-state index < -0.39 is 5.97 Å². The van der Waals surface area contributed by atoms with E-state index in [1.54, 1.807) is 18.3 Å². The van der Waals surface area contributed by atoms with Gasteiger partial charge in [-0.05, 0) is 86.6 Å². The molecule has 1 aromatic carbocycles. The Labute approximate surface area is 234 Å². The summed E-state index contributed by atoms with van der Waals surface area (Å²) in [6.45, 7) is 13.6.